The molecule has 0 saturated carbocycles. The van der Waals surface area contributed by atoms with Gasteiger partial charge in [0.25, 0.3) is 5.56 Å². The molecule has 2 aliphatic rings. The van der Waals surface area contributed by atoms with Crippen LogP contribution in [-0.4, -0.2) is 52.6 Å². The number of fused-ring (bicyclic) bond motifs is 3. The Morgan fingerprint density at radius 1 is 1.40 bits per heavy atom. The summed E-state index contributed by atoms with van der Waals surface area (Å²) in [5.74, 6) is -3.12. The Kier molecular flexibility index (Phi) is 4.14. The smallest absolute Gasteiger partial charge is 0.463 e. The zero-order chi connectivity index (χ0) is 18.4. The number of nitrogens with zero attached hydrogens (tertiary/aromatic N) is 2. The summed E-state index contributed by atoms with van der Waals surface area (Å²) < 4.78 is 58.8. The van der Waals surface area contributed by atoms with Gasteiger partial charge in [0.2, 0.25) is 0 Å². The summed E-state index contributed by atoms with van der Waals surface area (Å²) >= 11 is 0. The van der Waals surface area contributed by atoms with Crippen molar-refractivity contribution >= 4 is 11.9 Å². The number of alkyl halides is 3. The molecule has 1 fully saturated rings. The highest BCUT2D eigenvalue weighted by Gasteiger charge is 2.56. The SMILES string of the molecule is CC(=O)OC[C@H]1O[C@@H]2[C@@H](Oc3nc(=O)ccn32)[C@@H]1OC(=O)C(F)(F)F. The molecule has 25 heavy (non-hydrogen) atoms. The summed E-state index contributed by atoms with van der Waals surface area (Å²) in [5.41, 5.74) is -0.619. The number of aromatic nitrogens is 2. The normalized spacial score (nSPS) is 27.2. The molecule has 1 saturated heterocycles. The van der Waals surface area contributed by atoms with Crippen LogP contribution in [0.25, 0.3) is 0 Å². The first kappa shape index (κ1) is 17.2. The van der Waals surface area contributed by atoms with Crippen molar-refractivity contribution in [3.05, 3.63) is 22.6 Å². The van der Waals surface area contributed by atoms with Gasteiger partial charge in [-0.05, 0) is 0 Å². The third kappa shape index (κ3) is 3.29. The molecule has 0 radical (unpaired) electrons. The summed E-state index contributed by atoms with van der Waals surface area (Å²) in [6.45, 7) is 0.664. The zero-order valence-corrected chi connectivity index (χ0v) is 12.6. The molecule has 2 aliphatic heterocycles. The summed E-state index contributed by atoms with van der Waals surface area (Å²) in [5, 5.41) is 0. The molecule has 0 aliphatic carbocycles. The van der Waals surface area contributed by atoms with Crippen LogP contribution in [0.4, 0.5) is 13.2 Å². The molecule has 0 N–H and O–H groups in total. The lowest BCUT2D eigenvalue weighted by Crippen LogP contribution is -2.43. The average molecular weight is 364 g/mol. The summed E-state index contributed by atoms with van der Waals surface area (Å²) in [6.07, 6.45) is -8.81. The molecule has 0 unspecified atom stereocenters. The molecular weight excluding hydrogens is 353 g/mol. The van der Waals surface area contributed by atoms with Crippen molar-refractivity contribution in [1.29, 1.82) is 0 Å². The van der Waals surface area contributed by atoms with Gasteiger partial charge in [-0.15, -0.1) is 0 Å². The predicted molar refractivity (Wildman–Crippen MR) is 69.4 cm³/mol. The van der Waals surface area contributed by atoms with E-state index in [0.29, 0.717) is 0 Å². The zero-order valence-electron chi connectivity index (χ0n) is 12.6. The lowest BCUT2D eigenvalue weighted by Gasteiger charge is -2.22. The van der Waals surface area contributed by atoms with Crippen molar-refractivity contribution in [3.63, 3.8) is 0 Å². The number of carbonyl (C=O) groups excluding carboxylic acids is 2. The third-order valence-corrected chi connectivity index (χ3v) is 3.53. The maximum Gasteiger partial charge on any atom is 0.490 e. The quantitative estimate of drug-likeness (QED) is 0.687. The molecule has 12 heteroatoms. The van der Waals surface area contributed by atoms with E-state index < -0.39 is 54.8 Å². The van der Waals surface area contributed by atoms with Crippen LogP contribution in [0.5, 0.6) is 6.01 Å². The van der Waals surface area contributed by atoms with Crippen molar-refractivity contribution in [2.45, 2.75) is 37.6 Å². The van der Waals surface area contributed by atoms with E-state index in [1.54, 1.807) is 0 Å². The summed E-state index contributed by atoms with van der Waals surface area (Å²) in [7, 11) is 0. The number of carbonyl (C=O) groups is 2. The first-order chi connectivity index (χ1) is 11.7. The van der Waals surface area contributed by atoms with Crippen LogP contribution in [-0.2, 0) is 23.8 Å². The summed E-state index contributed by atoms with van der Waals surface area (Å²) in [4.78, 5) is 36.9. The maximum absolute atomic E-state index is 12.5. The Morgan fingerprint density at radius 3 is 2.76 bits per heavy atom. The van der Waals surface area contributed by atoms with E-state index in [1.165, 1.54) is 10.8 Å². The lowest BCUT2D eigenvalue weighted by atomic mass is 10.1. The number of hydrogen-bond acceptors (Lipinski definition) is 8. The van der Waals surface area contributed by atoms with E-state index in [9.17, 15) is 27.6 Å². The van der Waals surface area contributed by atoms with Crippen LogP contribution in [0.15, 0.2) is 17.1 Å². The van der Waals surface area contributed by atoms with Gasteiger partial charge >= 0.3 is 24.1 Å². The van der Waals surface area contributed by atoms with Gasteiger partial charge in [-0.2, -0.15) is 18.2 Å². The van der Waals surface area contributed by atoms with Crippen LogP contribution in [0.1, 0.15) is 13.2 Å². The Morgan fingerprint density at radius 2 is 2.12 bits per heavy atom. The molecule has 4 atom stereocenters. The molecule has 0 spiro atoms. The molecule has 3 heterocycles. The molecular formula is C13H11F3N2O7. The van der Waals surface area contributed by atoms with E-state index in [-0.39, 0.29) is 6.01 Å². The van der Waals surface area contributed by atoms with Gasteiger partial charge < -0.3 is 18.9 Å². The second kappa shape index (κ2) is 6.02. The Hall–Kier alpha value is -2.63. The molecule has 0 aromatic carbocycles. The van der Waals surface area contributed by atoms with E-state index >= 15 is 0 Å². The first-order valence-corrected chi connectivity index (χ1v) is 6.99. The Bertz CT molecular complexity index is 763. The highest BCUT2D eigenvalue weighted by molar-refractivity contribution is 5.76. The van der Waals surface area contributed by atoms with Crippen LogP contribution in [0, 0.1) is 0 Å². The highest BCUT2D eigenvalue weighted by atomic mass is 19.4. The lowest BCUT2D eigenvalue weighted by molar-refractivity contribution is -0.210. The minimum Gasteiger partial charge on any atom is -0.463 e. The van der Waals surface area contributed by atoms with Gasteiger partial charge in [0.1, 0.15) is 12.7 Å². The topological polar surface area (TPSA) is 106 Å². The molecule has 3 rings (SSSR count). The first-order valence-electron chi connectivity index (χ1n) is 6.99. The fourth-order valence-corrected chi connectivity index (χ4v) is 2.52. The maximum atomic E-state index is 12.5. The number of rotatable bonds is 3. The van der Waals surface area contributed by atoms with Crippen molar-refractivity contribution in [1.82, 2.24) is 9.55 Å². The second-order valence-electron chi connectivity index (χ2n) is 5.27. The van der Waals surface area contributed by atoms with Crippen LogP contribution in [0.2, 0.25) is 0 Å². The van der Waals surface area contributed by atoms with Gasteiger partial charge in [-0.25, -0.2) is 4.79 Å². The van der Waals surface area contributed by atoms with Gasteiger partial charge in [-0.3, -0.25) is 14.2 Å². The van der Waals surface area contributed by atoms with Crippen molar-refractivity contribution in [3.8, 4) is 6.01 Å². The van der Waals surface area contributed by atoms with Crippen LogP contribution < -0.4 is 10.3 Å². The van der Waals surface area contributed by atoms with Crippen LogP contribution >= 0.6 is 0 Å². The van der Waals surface area contributed by atoms with Crippen LogP contribution in [0.3, 0.4) is 0 Å². The van der Waals surface area contributed by atoms with E-state index in [2.05, 4.69) is 9.72 Å². The minimum absolute atomic E-state index is 0.179. The second-order valence-corrected chi connectivity index (χ2v) is 5.27. The Labute approximate surface area is 137 Å². The average Bonchev–Trinajstić information content (AvgIpc) is 3.00. The summed E-state index contributed by atoms with van der Waals surface area (Å²) in [6, 6.07) is 0.927. The van der Waals surface area contributed by atoms with Gasteiger partial charge in [0, 0.05) is 19.2 Å². The molecule has 0 bridgehead atoms. The molecule has 9 nitrogen and oxygen atoms in total. The molecule has 1 aromatic heterocycles. The third-order valence-electron chi connectivity index (χ3n) is 3.53. The standard InChI is InChI=1S/C13H11F3N2O7/c1-5(19)22-4-6-8(24-11(21)13(14,15)16)9-10(23-6)18-3-2-7(20)17-12(18)25-9/h2-3,6,8-10H,4H2,1H3/t6-,8-,9+,10-/m1/s1. The van der Waals surface area contributed by atoms with E-state index in [1.807, 2.05) is 0 Å². The fourth-order valence-electron chi connectivity index (χ4n) is 2.52. The minimum atomic E-state index is -5.22. The largest absolute Gasteiger partial charge is 0.490 e. The number of esters is 2. The number of halogens is 3. The van der Waals surface area contributed by atoms with Gasteiger partial charge in [0.05, 0.1) is 0 Å². The Balaban J connectivity index is 1.85. The molecule has 1 aromatic rings. The van der Waals surface area contributed by atoms with Gasteiger partial charge in [0.15, 0.2) is 18.4 Å². The monoisotopic (exact) mass is 364 g/mol. The van der Waals surface area contributed by atoms with Crippen molar-refractivity contribution in [2.75, 3.05) is 6.61 Å². The number of hydrogen-bond donors (Lipinski definition) is 0. The fraction of sp³-hybridized carbons (Fsp3) is 0.538. The van der Waals surface area contributed by atoms with Crippen molar-refractivity contribution in [2.24, 2.45) is 0 Å². The molecule has 136 valence electrons. The highest BCUT2D eigenvalue weighted by Crippen LogP contribution is 2.40. The number of ether oxygens (including phenoxy) is 4. The predicted octanol–water partition coefficient (Wildman–Crippen LogP) is -0.0611. The van der Waals surface area contributed by atoms with E-state index in [0.717, 1.165) is 13.0 Å². The van der Waals surface area contributed by atoms with Gasteiger partial charge in [-0.1, -0.05) is 0 Å². The van der Waals surface area contributed by atoms with E-state index in [4.69, 9.17) is 14.2 Å². The molecule has 0 amide bonds. The van der Waals surface area contributed by atoms with Crippen molar-refractivity contribution < 1.29 is 41.7 Å².